The van der Waals surface area contributed by atoms with Crippen molar-refractivity contribution in [2.24, 2.45) is 0 Å². The molecule has 122 valence electrons. The van der Waals surface area contributed by atoms with Crippen LogP contribution < -0.4 is 10.2 Å². The molecule has 0 saturated carbocycles. The summed E-state index contributed by atoms with van der Waals surface area (Å²) in [6.45, 7) is 11.2. The summed E-state index contributed by atoms with van der Waals surface area (Å²) in [7, 11) is 0. The lowest BCUT2D eigenvalue weighted by molar-refractivity contribution is 0.0523. The monoisotopic (exact) mass is 307 g/mol. The van der Waals surface area contributed by atoms with Gasteiger partial charge in [-0.05, 0) is 44.9 Å². The number of carbonyl (C=O) groups is 1. The highest BCUT2D eigenvalue weighted by molar-refractivity contribution is 5.67. The summed E-state index contributed by atoms with van der Waals surface area (Å²) in [6.07, 6.45) is 1.39. The molecule has 1 N–H and O–H groups in total. The normalized spacial score (nSPS) is 15.5. The Balaban J connectivity index is 1.93. The zero-order valence-corrected chi connectivity index (χ0v) is 13.8. The van der Waals surface area contributed by atoms with E-state index in [1.54, 1.807) is 6.20 Å². The third-order valence-electron chi connectivity index (χ3n) is 3.25. The number of amides is 1. The first kappa shape index (κ1) is 16.5. The highest BCUT2D eigenvalue weighted by atomic mass is 16.6. The van der Waals surface area contributed by atoms with E-state index in [1.165, 1.54) is 0 Å². The standard InChI is InChI=1S/C16H25N3O3/c1-12-9-13(11-18-15(20)22-16(2,3)4)10-17-14(12)19-5-7-21-8-6-19/h9-10H,5-8,11H2,1-4H3,(H,18,20). The fourth-order valence-corrected chi connectivity index (χ4v) is 2.32. The van der Waals surface area contributed by atoms with Crippen molar-refractivity contribution in [3.8, 4) is 0 Å². The van der Waals surface area contributed by atoms with E-state index >= 15 is 0 Å². The number of morpholine rings is 1. The summed E-state index contributed by atoms with van der Waals surface area (Å²) in [5.41, 5.74) is 1.57. The van der Waals surface area contributed by atoms with Crippen LogP contribution in [0.1, 0.15) is 31.9 Å². The topological polar surface area (TPSA) is 63.7 Å². The van der Waals surface area contributed by atoms with Crippen LogP contribution >= 0.6 is 0 Å². The van der Waals surface area contributed by atoms with Crippen LogP contribution in [0.3, 0.4) is 0 Å². The van der Waals surface area contributed by atoms with Gasteiger partial charge in [0.2, 0.25) is 0 Å². The molecule has 1 saturated heterocycles. The van der Waals surface area contributed by atoms with E-state index in [0.717, 1.165) is 43.2 Å². The van der Waals surface area contributed by atoms with Gasteiger partial charge in [0.1, 0.15) is 11.4 Å². The molecule has 22 heavy (non-hydrogen) atoms. The molecule has 0 radical (unpaired) electrons. The van der Waals surface area contributed by atoms with Crippen LogP contribution in [-0.4, -0.2) is 43.0 Å². The molecular formula is C16H25N3O3. The van der Waals surface area contributed by atoms with Gasteiger partial charge >= 0.3 is 6.09 Å². The van der Waals surface area contributed by atoms with Gasteiger partial charge in [-0.25, -0.2) is 9.78 Å². The predicted molar refractivity (Wildman–Crippen MR) is 85.1 cm³/mol. The minimum atomic E-state index is -0.488. The maximum Gasteiger partial charge on any atom is 0.407 e. The Morgan fingerprint density at radius 2 is 2.09 bits per heavy atom. The van der Waals surface area contributed by atoms with E-state index in [0.29, 0.717) is 6.54 Å². The Morgan fingerprint density at radius 3 is 2.68 bits per heavy atom. The Hall–Kier alpha value is -1.82. The molecule has 0 atom stereocenters. The third kappa shape index (κ3) is 4.87. The third-order valence-corrected chi connectivity index (χ3v) is 3.25. The van der Waals surface area contributed by atoms with E-state index in [1.807, 2.05) is 27.7 Å². The molecule has 0 aliphatic carbocycles. The van der Waals surface area contributed by atoms with E-state index in [-0.39, 0.29) is 0 Å². The molecule has 1 aromatic rings. The van der Waals surface area contributed by atoms with Gasteiger partial charge in [0.25, 0.3) is 0 Å². The molecule has 0 spiro atoms. The molecule has 6 nitrogen and oxygen atoms in total. The highest BCUT2D eigenvalue weighted by Crippen LogP contribution is 2.19. The van der Waals surface area contributed by atoms with Gasteiger partial charge in [0.15, 0.2) is 0 Å². The Labute approximate surface area is 131 Å². The zero-order chi connectivity index (χ0) is 16.2. The van der Waals surface area contributed by atoms with Crippen LogP contribution in [-0.2, 0) is 16.0 Å². The molecule has 1 aromatic heterocycles. The predicted octanol–water partition coefficient (Wildman–Crippen LogP) is 2.25. The van der Waals surface area contributed by atoms with E-state index < -0.39 is 11.7 Å². The van der Waals surface area contributed by atoms with Crippen LogP contribution in [0.15, 0.2) is 12.3 Å². The summed E-state index contributed by atoms with van der Waals surface area (Å²) >= 11 is 0. The summed E-state index contributed by atoms with van der Waals surface area (Å²) in [6, 6.07) is 2.05. The molecule has 2 heterocycles. The number of nitrogens with zero attached hydrogens (tertiary/aromatic N) is 2. The van der Waals surface area contributed by atoms with Crippen LogP contribution in [0.25, 0.3) is 0 Å². The van der Waals surface area contributed by atoms with Crippen LogP contribution in [0.4, 0.5) is 10.6 Å². The molecule has 1 fully saturated rings. The first-order valence-corrected chi connectivity index (χ1v) is 7.60. The second kappa shape index (κ2) is 6.96. The van der Waals surface area contributed by atoms with Gasteiger partial charge in [-0.2, -0.15) is 0 Å². The number of ether oxygens (including phenoxy) is 2. The number of hydrogen-bond acceptors (Lipinski definition) is 5. The van der Waals surface area contributed by atoms with Crippen molar-refractivity contribution in [1.29, 1.82) is 0 Å². The minimum absolute atomic E-state index is 0.409. The summed E-state index contributed by atoms with van der Waals surface area (Å²) in [5.74, 6) is 0.990. The number of nitrogens with one attached hydrogen (secondary N) is 1. The van der Waals surface area contributed by atoms with Crippen molar-refractivity contribution in [3.63, 3.8) is 0 Å². The number of aryl methyl sites for hydroxylation is 1. The number of carbonyl (C=O) groups excluding carboxylic acids is 1. The Bertz CT molecular complexity index is 520. The van der Waals surface area contributed by atoms with Gasteiger partial charge < -0.3 is 19.7 Å². The molecule has 1 aliphatic heterocycles. The summed E-state index contributed by atoms with van der Waals surface area (Å²) in [4.78, 5) is 18.4. The first-order chi connectivity index (χ1) is 10.3. The fraction of sp³-hybridized carbons (Fsp3) is 0.625. The maximum absolute atomic E-state index is 11.7. The largest absolute Gasteiger partial charge is 0.444 e. The van der Waals surface area contributed by atoms with E-state index in [2.05, 4.69) is 21.3 Å². The van der Waals surface area contributed by atoms with E-state index in [4.69, 9.17) is 9.47 Å². The van der Waals surface area contributed by atoms with Crippen molar-refractivity contribution in [2.45, 2.75) is 39.8 Å². The SMILES string of the molecule is Cc1cc(CNC(=O)OC(C)(C)C)cnc1N1CCOCC1. The maximum atomic E-state index is 11.7. The van der Waals surface area contributed by atoms with Crippen molar-refractivity contribution in [2.75, 3.05) is 31.2 Å². The van der Waals surface area contributed by atoms with Gasteiger partial charge in [0.05, 0.1) is 13.2 Å². The number of rotatable bonds is 3. The number of pyridine rings is 1. The fourth-order valence-electron chi connectivity index (χ4n) is 2.32. The molecule has 1 aliphatic rings. The second-order valence-electron chi connectivity index (χ2n) is 6.44. The molecule has 0 unspecified atom stereocenters. The van der Waals surface area contributed by atoms with Gasteiger partial charge in [0, 0.05) is 25.8 Å². The van der Waals surface area contributed by atoms with Crippen LogP contribution in [0.2, 0.25) is 0 Å². The average Bonchev–Trinajstić information content (AvgIpc) is 2.44. The van der Waals surface area contributed by atoms with Crippen LogP contribution in [0.5, 0.6) is 0 Å². The van der Waals surface area contributed by atoms with Crippen molar-refractivity contribution in [1.82, 2.24) is 10.3 Å². The minimum Gasteiger partial charge on any atom is -0.444 e. The Kier molecular flexibility index (Phi) is 5.24. The van der Waals surface area contributed by atoms with Gasteiger partial charge in [-0.15, -0.1) is 0 Å². The van der Waals surface area contributed by atoms with Crippen molar-refractivity contribution in [3.05, 3.63) is 23.4 Å². The molecule has 2 rings (SSSR count). The van der Waals surface area contributed by atoms with E-state index in [9.17, 15) is 4.79 Å². The molecule has 0 aromatic carbocycles. The number of aromatic nitrogens is 1. The summed E-state index contributed by atoms with van der Waals surface area (Å²) < 4.78 is 10.6. The Morgan fingerprint density at radius 1 is 1.41 bits per heavy atom. The lowest BCUT2D eigenvalue weighted by atomic mass is 10.2. The van der Waals surface area contributed by atoms with Gasteiger partial charge in [-0.1, -0.05) is 0 Å². The average molecular weight is 307 g/mol. The molecule has 0 bridgehead atoms. The zero-order valence-electron chi connectivity index (χ0n) is 13.8. The van der Waals surface area contributed by atoms with Gasteiger partial charge in [-0.3, -0.25) is 0 Å². The van der Waals surface area contributed by atoms with Crippen molar-refractivity contribution >= 4 is 11.9 Å². The lowest BCUT2D eigenvalue weighted by Gasteiger charge is -2.29. The molecule has 6 heteroatoms. The lowest BCUT2D eigenvalue weighted by Crippen LogP contribution is -2.37. The molecular weight excluding hydrogens is 282 g/mol. The summed E-state index contributed by atoms with van der Waals surface area (Å²) in [5, 5.41) is 2.75. The number of anilines is 1. The quantitative estimate of drug-likeness (QED) is 0.928. The molecule has 1 amide bonds. The van der Waals surface area contributed by atoms with Crippen molar-refractivity contribution < 1.29 is 14.3 Å². The number of hydrogen-bond donors (Lipinski definition) is 1. The second-order valence-corrected chi connectivity index (χ2v) is 6.44. The van der Waals surface area contributed by atoms with Crippen LogP contribution in [0, 0.1) is 6.92 Å². The number of alkyl carbamates (subject to hydrolysis) is 1. The smallest absolute Gasteiger partial charge is 0.407 e. The first-order valence-electron chi connectivity index (χ1n) is 7.60. The highest BCUT2D eigenvalue weighted by Gasteiger charge is 2.17.